The van der Waals surface area contributed by atoms with E-state index >= 15 is 0 Å². The number of benzene rings is 1. The van der Waals surface area contributed by atoms with Crippen molar-refractivity contribution in [1.29, 1.82) is 0 Å². The Kier molecular flexibility index (Phi) is 6.45. The summed E-state index contributed by atoms with van der Waals surface area (Å²) in [5.74, 6) is 1.39. The van der Waals surface area contributed by atoms with Gasteiger partial charge in [0.15, 0.2) is 0 Å². The number of hydrogen-bond acceptors (Lipinski definition) is 2. The second-order valence-electron chi connectivity index (χ2n) is 9.12. The van der Waals surface area contributed by atoms with Gasteiger partial charge in [-0.25, -0.2) is 0 Å². The van der Waals surface area contributed by atoms with Gasteiger partial charge >= 0.3 is 0 Å². The van der Waals surface area contributed by atoms with E-state index in [2.05, 4.69) is 43.9 Å². The van der Waals surface area contributed by atoms with Crippen LogP contribution >= 0.6 is 0 Å². The predicted molar refractivity (Wildman–Crippen MR) is 112 cm³/mol. The van der Waals surface area contributed by atoms with Crippen molar-refractivity contribution in [3.63, 3.8) is 0 Å². The zero-order chi connectivity index (χ0) is 18.6. The van der Waals surface area contributed by atoms with Crippen LogP contribution in [0, 0.1) is 5.92 Å². The van der Waals surface area contributed by atoms with Gasteiger partial charge in [0.25, 0.3) is 0 Å². The molecule has 1 heterocycles. The smallest absolute Gasteiger partial charge is 0.123 e. The number of nitrogens with zero attached hydrogens (tertiary/aromatic N) is 1. The van der Waals surface area contributed by atoms with Gasteiger partial charge in [0.2, 0.25) is 0 Å². The molecular weight excluding hydrogens is 318 g/mol. The van der Waals surface area contributed by atoms with E-state index in [1.807, 2.05) is 6.07 Å². The molecule has 3 rings (SSSR count). The van der Waals surface area contributed by atoms with E-state index in [1.54, 1.807) is 0 Å². The molecule has 0 bridgehead atoms. The Balaban J connectivity index is 1.65. The van der Waals surface area contributed by atoms with Gasteiger partial charge in [-0.3, -0.25) is 4.90 Å². The lowest BCUT2D eigenvalue weighted by Gasteiger charge is -2.29. The monoisotopic (exact) mass is 355 g/mol. The molecule has 0 atom stereocenters. The molecule has 1 aromatic rings. The van der Waals surface area contributed by atoms with Crippen molar-refractivity contribution in [2.24, 2.45) is 5.92 Å². The van der Waals surface area contributed by atoms with Crippen LogP contribution in [0.2, 0.25) is 0 Å². The van der Waals surface area contributed by atoms with Crippen LogP contribution in [0.1, 0.15) is 83.3 Å². The van der Waals surface area contributed by atoms with Crippen molar-refractivity contribution in [3.05, 3.63) is 35.4 Å². The Morgan fingerprint density at radius 2 is 1.96 bits per heavy atom. The van der Waals surface area contributed by atoms with Crippen LogP contribution in [0.25, 0.3) is 5.57 Å². The van der Waals surface area contributed by atoms with Gasteiger partial charge in [-0.1, -0.05) is 64.7 Å². The van der Waals surface area contributed by atoms with Crippen molar-refractivity contribution >= 4 is 5.57 Å². The summed E-state index contributed by atoms with van der Waals surface area (Å²) < 4.78 is 0. The quantitative estimate of drug-likeness (QED) is 0.538. The standard InChI is InChI=1S/C24H37NO/c1-4-5-6-7-14-24(2,3)21-12-13-22(23(26)16-21)20-9-8-15-25(18-20)17-19-10-11-19/h9,12-13,16,19,26H,4-8,10-11,14-15,17-18H2,1-3H3. The third-order valence-electron chi connectivity index (χ3n) is 6.22. The highest BCUT2D eigenvalue weighted by atomic mass is 16.3. The van der Waals surface area contributed by atoms with Gasteiger partial charge in [-0.2, -0.15) is 0 Å². The minimum absolute atomic E-state index is 0.128. The van der Waals surface area contributed by atoms with E-state index < -0.39 is 0 Å². The fourth-order valence-electron chi connectivity index (χ4n) is 4.18. The fraction of sp³-hybridized carbons (Fsp3) is 0.667. The molecule has 0 radical (unpaired) electrons. The largest absolute Gasteiger partial charge is 0.507 e. The molecule has 1 aromatic carbocycles. The van der Waals surface area contributed by atoms with Crippen LogP contribution in [-0.4, -0.2) is 29.6 Å². The summed E-state index contributed by atoms with van der Waals surface area (Å²) in [5, 5.41) is 10.7. The Labute approximate surface area is 160 Å². The topological polar surface area (TPSA) is 23.5 Å². The average Bonchev–Trinajstić information content (AvgIpc) is 3.43. The van der Waals surface area contributed by atoms with Gasteiger partial charge in [-0.15, -0.1) is 0 Å². The second kappa shape index (κ2) is 8.61. The molecule has 2 aliphatic rings. The molecule has 0 amide bonds. The molecular formula is C24H37NO. The summed E-state index contributed by atoms with van der Waals surface area (Å²) in [6, 6.07) is 6.43. The maximum atomic E-state index is 10.7. The number of unbranched alkanes of at least 4 members (excludes halogenated alkanes) is 3. The molecule has 26 heavy (non-hydrogen) atoms. The van der Waals surface area contributed by atoms with Crippen LogP contribution < -0.4 is 0 Å². The van der Waals surface area contributed by atoms with Gasteiger partial charge in [0.05, 0.1) is 0 Å². The average molecular weight is 356 g/mol. The molecule has 0 saturated heterocycles. The summed E-state index contributed by atoms with van der Waals surface area (Å²) in [7, 11) is 0. The summed E-state index contributed by atoms with van der Waals surface area (Å²) >= 11 is 0. The lowest BCUT2D eigenvalue weighted by atomic mass is 9.79. The van der Waals surface area contributed by atoms with Crippen molar-refractivity contribution < 1.29 is 5.11 Å². The first-order chi connectivity index (χ1) is 12.5. The zero-order valence-electron chi connectivity index (χ0n) is 17.1. The van der Waals surface area contributed by atoms with Crippen LogP contribution in [-0.2, 0) is 5.41 Å². The van der Waals surface area contributed by atoms with E-state index in [1.165, 1.54) is 69.2 Å². The van der Waals surface area contributed by atoms with Crippen molar-refractivity contribution in [1.82, 2.24) is 4.90 Å². The van der Waals surface area contributed by atoms with E-state index in [0.717, 1.165) is 24.4 Å². The molecule has 2 nitrogen and oxygen atoms in total. The molecule has 2 heteroatoms. The molecule has 1 fully saturated rings. The molecule has 1 aliphatic carbocycles. The molecule has 144 valence electrons. The van der Waals surface area contributed by atoms with Crippen LogP contribution in [0.3, 0.4) is 0 Å². The number of phenolic OH excluding ortho intramolecular Hbond substituents is 1. The minimum atomic E-state index is 0.128. The molecule has 0 aromatic heterocycles. The number of phenols is 1. The van der Waals surface area contributed by atoms with Gasteiger partial charge < -0.3 is 5.11 Å². The SMILES string of the molecule is CCCCCCC(C)(C)c1ccc(C2=CCCN(CC3CC3)C2)c(O)c1. The Morgan fingerprint density at radius 3 is 2.65 bits per heavy atom. The van der Waals surface area contributed by atoms with E-state index in [4.69, 9.17) is 0 Å². The maximum Gasteiger partial charge on any atom is 0.123 e. The zero-order valence-corrected chi connectivity index (χ0v) is 17.1. The molecule has 0 unspecified atom stereocenters. The minimum Gasteiger partial charge on any atom is -0.507 e. The Morgan fingerprint density at radius 1 is 1.15 bits per heavy atom. The maximum absolute atomic E-state index is 10.7. The highest BCUT2D eigenvalue weighted by Gasteiger charge is 2.27. The summed E-state index contributed by atoms with van der Waals surface area (Å²) in [6.45, 7) is 10.3. The Hall–Kier alpha value is -1.28. The van der Waals surface area contributed by atoms with Gasteiger partial charge in [0, 0.05) is 25.2 Å². The number of aromatic hydroxyl groups is 1. The summed E-state index contributed by atoms with van der Waals surface area (Å²) in [5.41, 5.74) is 3.74. The Bertz CT molecular complexity index is 627. The third-order valence-corrected chi connectivity index (χ3v) is 6.22. The highest BCUT2D eigenvalue weighted by Crippen LogP contribution is 2.36. The predicted octanol–water partition coefficient (Wildman–Crippen LogP) is 6.14. The van der Waals surface area contributed by atoms with E-state index in [-0.39, 0.29) is 5.41 Å². The number of rotatable bonds is 9. The van der Waals surface area contributed by atoms with Gasteiger partial charge in [-0.05, 0) is 54.2 Å². The first kappa shape index (κ1) is 19.5. The van der Waals surface area contributed by atoms with Crippen molar-refractivity contribution in [2.45, 2.75) is 77.6 Å². The molecule has 1 aliphatic heterocycles. The number of hydrogen-bond donors (Lipinski definition) is 1. The molecule has 0 spiro atoms. The first-order valence-electron chi connectivity index (χ1n) is 10.7. The van der Waals surface area contributed by atoms with Crippen LogP contribution in [0.15, 0.2) is 24.3 Å². The normalized spacial score (nSPS) is 18.8. The van der Waals surface area contributed by atoms with Crippen LogP contribution in [0.4, 0.5) is 0 Å². The lowest BCUT2D eigenvalue weighted by Crippen LogP contribution is -2.31. The second-order valence-corrected chi connectivity index (χ2v) is 9.12. The van der Waals surface area contributed by atoms with Crippen molar-refractivity contribution in [3.8, 4) is 5.75 Å². The van der Waals surface area contributed by atoms with Crippen molar-refractivity contribution in [2.75, 3.05) is 19.6 Å². The van der Waals surface area contributed by atoms with Gasteiger partial charge in [0.1, 0.15) is 5.75 Å². The lowest BCUT2D eigenvalue weighted by molar-refractivity contribution is 0.292. The highest BCUT2D eigenvalue weighted by molar-refractivity contribution is 5.72. The first-order valence-corrected chi connectivity index (χ1v) is 10.7. The summed E-state index contributed by atoms with van der Waals surface area (Å²) in [6.07, 6.45) is 12.6. The molecule has 1 N–H and O–H groups in total. The van der Waals surface area contributed by atoms with E-state index in [0.29, 0.717) is 5.75 Å². The summed E-state index contributed by atoms with van der Waals surface area (Å²) in [4.78, 5) is 2.57. The van der Waals surface area contributed by atoms with E-state index in [9.17, 15) is 5.11 Å². The van der Waals surface area contributed by atoms with Crippen LogP contribution in [0.5, 0.6) is 5.75 Å². The fourth-order valence-corrected chi connectivity index (χ4v) is 4.18. The molecule has 1 saturated carbocycles. The third kappa shape index (κ3) is 5.13.